The first-order valence-electron chi connectivity index (χ1n) is 6.18. The van der Waals surface area contributed by atoms with Crippen molar-refractivity contribution in [1.29, 1.82) is 0 Å². The number of likely N-dealkylation sites (tertiary alicyclic amines) is 1. The van der Waals surface area contributed by atoms with Gasteiger partial charge in [0.15, 0.2) is 0 Å². The fourth-order valence-corrected chi connectivity index (χ4v) is 2.44. The smallest absolute Gasteiger partial charge is 0.0209 e. The van der Waals surface area contributed by atoms with Gasteiger partial charge in [0, 0.05) is 18.6 Å². The predicted octanol–water partition coefficient (Wildman–Crippen LogP) is 2.10. The second-order valence-electron chi connectivity index (χ2n) is 4.69. The zero-order valence-corrected chi connectivity index (χ0v) is 10.2. The molecule has 0 aromatic carbocycles. The number of hydrogen-bond acceptors (Lipinski definition) is 2. The molecule has 2 aliphatic rings. The van der Waals surface area contributed by atoms with Gasteiger partial charge in [0.2, 0.25) is 0 Å². The highest BCUT2D eigenvalue weighted by molar-refractivity contribution is 4.88. The van der Waals surface area contributed by atoms with Gasteiger partial charge in [0.05, 0.1) is 0 Å². The molecule has 1 atom stereocenters. The van der Waals surface area contributed by atoms with E-state index in [1.807, 2.05) is 13.8 Å². The van der Waals surface area contributed by atoms with Crippen molar-refractivity contribution in [1.82, 2.24) is 10.2 Å². The molecule has 2 fully saturated rings. The van der Waals surface area contributed by atoms with Crippen LogP contribution in [0.2, 0.25) is 0 Å². The van der Waals surface area contributed by atoms with Crippen molar-refractivity contribution >= 4 is 0 Å². The zero-order valence-electron chi connectivity index (χ0n) is 10.2. The second-order valence-corrected chi connectivity index (χ2v) is 4.69. The summed E-state index contributed by atoms with van der Waals surface area (Å²) in [7, 11) is 2.21. The summed E-state index contributed by atoms with van der Waals surface area (Å²) in [5.74, 6) is 0.974. The van der Waals surface area contributed by atoms with Crippen LogP contribution in [-0.2, 0) is 0 Å². The summed E-state index contributed by atoms with van der Waals surface area (Å²) in [4.78, 5) is 2.42. The summed E-state index contributed by atoms with van der Waals surface area (Å²) < 4.78 is 0. The first kappa shape index (κ1) is 12.0. The standard InChI is InChI=1S/C10H20N2.C2H6/c1-8-5-10(6-8)11-9-3-4-12(2)7-9;1-2/h8-11H,3-7H2,1-2H3;1-2H3. The van der Waals surface area contributed by atoms with Crippen LogP contribution in [-0.4, -0.2) is 37.1 Å². The molecule has 2 nitrogen and oxygen atoms in total. The maximum Gasteiger partial charge on any atom is 0.0209 e. The minimum Gasteiger partial charge on any atom is -0.310 e. The minimum atomic E-state index is 0.785. The summed E-state index contributed by atoms with van der Waals surface area (Å²) >= 11 is 0. The molecular formula is C12H26N2. The molecule has 0 spiro atoms. The summed E-state index contributed by atoms with van der Waals surface area (Å²) in [6.45, 7) is 8.88. The van der Waals surface area contributed by atoms with Gasteiger partial charge in [-0.05, 0) is 38.8 Å². The van der Waals surface area contributed by atoms with Crippen molar-refractivity contribution in [3.8, 4) is 0 Å². The molecule has 2 heteroatoms. The molecule has 0 bridgehead atoms. The lowest BCUT2D eigenvalue weighted by Crippen LogP contribution is -2.46. The average molecular weight is 198 g/mol. The molecule has 0 amide bonds. The van der Waals surface area contributed by atoms with Gasteiger partial charge in [0.1, 0.15) is 0 Å². The van der Waals surface area contributed by atoms with E-state index in [1.54, 1.807) is 0 Å². The Morgan fingerprint density at radius 1 is 1.14 bits per heavy atom. The van der Waals surface area contributed by atoms with E-state index in [1.165, 1.54) is 32.4 Å². The van der Waals surface area contributed by atoms with Gasteiger partial charge in [-0.15, -0.1) is 0 Å². The third-order valence-corrected chi connectivity index (χ3v) is 3.24. The molecular weight excluding hydrogens is 172 g/mol. The fraction of sp³-hybridized carbons (Fsp3) is 1.00. The molecule has 1 heterocycles. The number of rotatable bonds is 2. The van der Waals surface area contributed by atoms with Crippen molar-refractivity contribution < 1.29 is 0 Å². The highest BCUT2D eigenvalue weighted by Gasteiger charge is 2.29. The molecule has 84 valence electrons. The van der Waals surface area contributed by atoms with Crippen LogP contribution < -0.4 is 5.32 Å². The minimum absolute atomic E-state index is 0.785. The Hall–Kier alpha value is -0.0800. The first-order valence-corrected chi connectivity index (χ1v) is 6.18. The normalized spacial score (nSPS) is 37.3. The Kier molecular flexibility index (Phi) is 4.90. The molecule has 1 aliphatic carbocycles. The summed E-state index contributed by atoms with van der Waals surface area (Å²) in [5, 5.41) is 3.73. The van der Waals surface area contributed by atoms with Gasteiger partial charge < -0.3 is 10.2 Å². The van der Waals surface area contributed by atoms with E-state index in [4.69, 9.17) is 0 Å². The van der Waals surface area contributed by atoms with Crippen LogP contribution in [0.5, 0.6) is 0 Å². The second kappa shape index (κ2) is 5.72. The van der Waals surface area contributed by atoms with Crippen LogP contribution in [0.15, 0.2) is 0 Å². The van der Waals surface area contributed by atoms with Crippen LogP contribution in [0.3, 0.4) is 0 Å². The monoisotopic (exact) mass is 198 g/mol. The third kappa shape index (κ3) is 3.25. The maximum absolute atomic E-state index is 3.73. The number of hydrogen-bond donors (Lipinski definition) is 1. The molecule has 1 saturated carbocycles. The van der Waals surface area contributed by atoms with Crippen LogP contribution >= 0.6 is 0 Å². The summed E-state index contributed by atoms with van der Waals surface area (Å²) in [5.41, 5.74) is 0. The molecule has 2 rings (SSSR count). The van der Waals surface area contributed by atoms with E-state index in [-0.39, 0.29) is 0 Å². The van der Waals surface area contributed by atoms with E-state index in [0.717, 1.165) is 18.0 Å². The fourth-order valence-electron chi connectivity index (χ4n) is 2.44. The van der Waals surface area contributed by atoms with E-state index >= 15 is 0 Å². The Balaban J connectivity index is 0.000000461. The number of nitrogens with zero attached hydrogens (tertiary/aromatic N) is 1. The molecule has 14 heavy (non-hydrogen) atoms. The maximum atomic E-state index is 3.73. The van der Waals surface area contributed by atoms with Gasteiger partial charge in [-0.3, -0.25) is 0 Å². The SMILES string of the molecule is CC.CC1CC(NC2CCN(C)C2)C1. The predicted molar refractivity (Wildman–Crippen MR) is 62.6 cm³/mol. The lowest BCUT2D eigenvalue weighted by Gasteiger charge is -2.35. The van der Waals surface area contributed by atoms with Crippen LogP contribution in [0.1, 0.15) is 40.0 Å². The van der Waals surface area contributed by atoms with E-state index < -0.39 is 0 Å². The van der Waals surface area contributed by atoms with Crippen molar-refractivity contribution in [3.05, 3.63) is 0 Å². The third-order valence-electron chi connectivity index (χ3n) is 3.24. The first-order chi connectivity index (χ1) is 6.74. The molecule has 1 unspecified atom stereocenters. The van der Waals surface area contributed by atoms with Crippen LogP contribution in [0.4, 0.5) is 0 Å². The van der Waals surface area contributed by atoms with Crippen molar-refractivity contribution in [2.75, 3.05) is 20.1 Å². The number of nitrogens with one attached hydrogen (secondary N) is 1. The van der Waals surface area contributed by atoms with E-state index in [0.29, 0.717) is 0 Å². The molecule has 1 saturated heterocycles. The highest BCUT2D eigenvalue weighted by Crippen LogP contribution is 2.27. The topological polar surface area (TPSA) is 15.3 Å². The van der Waals surface area contributed by atoms with Gasteiger partial charge in [-0.2, -0.15) is 0 Å². The molecule has 1 N–H and O–H groups in total. The van der Waals surface area contributed by atoms with Gasteiger partial charge >= 0.3 is 0 Å². The zero-order chi connectivity index (χ0) is 10.6. The van der Waals surface area contributed by atoms with Crippen molar-refractivity contribution in [2.24, 2.45) is 5.92 Å². The molecule has 0 aromatic heterocycles. The summed E-state index contributed by atoms with van der Waals surface area (Å²) in [6, 6.07) is 1.63. The van der Waals surface area contributed by atoms with Gasteiger partial charge in [-0.1, -0.05) is 20.8 Å². The largest absolute Gasteiger partial charge is 0.310 e. The quantitative estimate of drug-likeness (QED) is 0.731. The Bertz CT molecular complexity index is 152. The lowest BCUT2D eigenvalue weighted by atomic mass is 9.81. The lowest BCUT2D eigenvalue weighted by molar-refractivity contribution is 0.222. The van der Waals surface area contributed by atoms with Gasteiger partial charge in [0.25, 0.3) is 0 Å². The average Bonchev–Trinajstić information content (AvgIpc) is 2.52. The van der Waals surface area contributed by atoms with Crippen molar-refractivity contribution in [3.63, 3.8) is 0 Å². The van der Waals surface area contributed by atoms with Crippen molar-refractivity contribution in [2.45, 2.75) is 52.1 Å². The van der Waals surface area contributed by atoms with E-state index in [2.05, 4.69) is 24.2 Å². The van der Waals surface area contributed by atoms with Crippen LogP contribution in [0.25, 0.3) is 0 Å². The molecule has 1 aliphatic heterocycles. The Morgan fingerprint density at radius 3 is 2.21 bits per heavy atom. The van der Waals surface area contributed by atoms with Crippen LogP contribution in [0, 0.1) is 5.92 Å². The molecule has 0 radical (unpaired) electrons. The van der Waals surface area contributed by atoms with Gasteiger partial charge in [-0.25, -0.2) is 0 Å². The molecule has 0 aromatic rings. The Morgan fingerprint density at radius 2 is 1.79 bits per heavy atom. The summed E-state index contributed by atoms with van der Waals surface area (Å²) in [6.07, 6.45) is 4.15. The van der Waals surface area contributed by atoms with E-state index in [9.17, 15) is 0 Å². The number of likely N-dealkylation sites (N-methyl/N-ethyl adjacent to an activating group) is 1. The highest BCUT2D eigenvalue weighted by atomic mass is 15.2. The Labute approximate surface area is 89.1 Å².